The number of hydrogen-bond donors (Lipinski definition) is 0. The zero-order chi connectivity index (χ0) is 19.7. The number of ether oxygens (including phenoxy) is 1. The molecule has 1 atom stereocenters. The van der Waals surface area contributed by atoms with Crippen LogP contribution in [0.5, 0.6) is 5.75 Å². The summed E-state index contributed by atoms with van der Waals surface area (Å²) >= 11 is 7.60. The van der Waals surface area contributed by atoms with Gasteiger partial charge in [0.1, 0.15) is 22.7 Å². The van der Waals surface area contributed by atoms with Crippen LogP contribution in [-0.2, 0) is 4.79 Å². The van der Waals surface area contributed by atoms with Crippen LogP contribution >= 0.6 is 22.9 Å². The number of carbonyl (C=O) groups is 1. The summed E-state index contributed by atoms with van der Waals surface area (Å²) in [4.78, 5) is 26.7. The lowest BCUT2D eigenvalue weighted by Gasteiger charge is -2.36. The predicted octanol–water partition coefficient (Wildman–Crippen LogP) is 3.77. The van der Waals surface area contributed by atoms with Crippen molar-refractivity contribution in [2.75, 3.05) is 31.1 Å². The Balaban J connectivity index is 1.39. The Labute approximate surface area is 172 Å². The molecule has 1 fully saturated rings. The highest BCUT2D eigenvalue weighted by Crippen LogP contribution is 2.28. The van der Waals surface area contributed by atoms with E-state index in [2.05, 4.69) is 20.9 Å². The van der Waals surface area contributed by atoms with E-state index in [0.29, 0.717) is 23.9 Å². The summed E-state index contributed by atoms with van der Waals surface area (Å²) in [7, 11) is 0. The van der Waals surface area contributed by atoms with Crippen molar-refractivity contribution >= 4 is 44.9 Å². The minimum absolute atomic E-state index is 0.00244. The number of rotatable bonds is 4. The molecular formula is C20H21ClN4O2S. The summed E-state index contributed by atoms with van der Waals surface area (Å²) in [6.07, 6.45) is 1.06. The van der Waals surface area contributed by atoms with Gasteiger partial charge < -0.3 is 14.5 Å². The van der Waals surface area contributed by atoms with Crippen molar-refractivity contribution in [3.05, 3.63) is 46.6 Å². The lowest BCUT2D eigenvalue weighted by atomic mass is 10.2. The van der Waals surface area contributed by atoms with E-state index < -0.39 is 6.10 Å². The SMILES string of the molecule is Cc1cc(Cl)ccc1OC(C)C(=O)N1CCN(c2ncnc3sccc23)CC1. The highest BCUT2D eigenvalue weighted by molar-refractivity contribution is 7.16. The smallest absolute Gasteiger partial charge is 0.263 e. The lowest BCUT2D eigenvalue weighted by Crippen LogP contribution is -2.52. The van der Waals surface area contributed by atoms with Gasteiger partial charge >= 0.3 is 0 Å². The first-order chi connectivity index (χ1) is 13.5. The second-order valence-corrected chi connectivity index (χ2v) is 8.15. The van der Waals surface area contributed by atoms with E-state index in [0.717, 1.165) is 34.7 Å². The third-order valence-corrected chi connectivity index (χ3v) is 5.98. The molecule has 146 valence electrons. The first-order valence-electron chi connectivity index (χ1n) is 9.17. The normalized spacial score (nSPS) is 15.7. The molecule has 28 heavy (non-hydrogen) atoms. The average Bonchev–Trinajstić information content (AvgIpc) is 3.18. The molecular weight excluding hydrogens is 396 g/mol. The molecule has 1 aromatic carbocycles. The quantitative estimate of drug-likeness (QED) is 0.648. The van der Waals surface area contributed by atoms with Crippen LogP contribution in [0, 0.1) is 6.92 Å². The molecule has 1 unspecified atom stereocenters. The van der Waals surface area contributed by atoms with Crippen molar-refractivity contribution in [3.63, 3.8) is 0 Å². The molecule has 1 saturated heterocycles. The minimum atomic E-state index is -0.547. The summed E-state index contributed by atoms with van der Waals surface area (Å²) in [6, 6.07) is 7.46. The van der Waals surface area contributed by atoms with Crippen LogP contribution in [0.1, 0.15) is 12.5 Å². The zero-order valence-electron chi connectivity index (χ0n) is 15.8. The molecule has 3 heterocycles. The fraction of sp³-hybridized carbons (Fsp3) is 0.350. The summed E-state index contributed by atoms with van der Waals surface area (Å²) in [5, 5.41) is 3.76. The number of fused-ring (bicyclic) bond motifs is 1. The van der Waals surface area contributed by atoms with Crippen molar-refractivity contribution in [1.29, 1.82) is 0 Å². The van der Waals surface area contributed by atoms with Crippen molar-refractivity contribution < 1.29 is 9.53 Å². The molecule has 0 radical (unpaired) electrons. The fourth-order valence-electron chi connectivity index (χ4n) is 3.41. The van der Waals surface area contributed by atoms with Gasteiger partial charge in [0.15, 0.2) is 6.10 Å². The monoisotopic (exact) mass is 416 g/mol. The number of piperazine rings is 1. The number of carbonyl (C=O) groups excluding carboxylic acids is 1. The first kappa shape index (κ1) is 19.0. The van der Waals surface area contributed by atoms with Gasteiger partial charge in [0.2, 0.25) is 0 Å². The molecule has 3 aromatic rings. The molecule has 0 spiro atoms. The van der Waals surface area contributed by atoms with E-state index in [4.69, 9.17) is 16.3 Å². The lowest BCUT2D eigenvalue weighted by molar-refractivity contribution is -0.138. The molecule has 6 nitrogen and oxygen atoms in total. The van der Waals surface area contributed by atoms with Crippen LogP contribution in [0.3, 0.4) is 0 Å². The van der Waals surface area contributed by atoms with Gasteiger partial charge in [-0.1, -0.05) is 11.6 Å². The maximum Gasteiger partial charge on any atom is 0.263 e. The Morgan fingerprint density at radius 3 is 2.75 bits per heavy atom. The summed E-state index contributed by atoms with van der Waals surface area (Å²) in [5.41, 5.74) is 0.917. The molecule has 8 heteroatoms. The number of benzene rings is 1. The Bertz CT molecular complexity index is 1000. The molecule has 0 N–H and O–H groups in total. The maximum atomic E-state index is 12.8. The summed E-state index contributed by atoms with van der Waals surface area (Å²) in [5.74, 6) is 1.63. The number of halogens is 1. The van der Waals surface area contributed by atoms with E-state index in [1.54, 1.807) is 36.7 Å². The van der Waals surface area contributed by atoms with Crippen molar-refractivity contribution in [2.24, 2.45) is 0 Å². The molecule has 1 aliphatic heterocycles. The highest BCUT2D eigenvalue weighted by atomic mass is 35.5. The molecule has 1 amide bonds. The Hall–Kier alpha value is -2.38. The van der Waals surface area contributed by atoms with Crippen LogP contribution in [-0.4, -0.2) is 53.1 Å². The van der Waals surface area contributed by atoms with Crippen molar-refractivity contribution in [3.8, 4) is 5.75 Å². The maximum absolute atomic E-state index is 12.8. The summed E-state index contributed by atoms with van der Waals surface area (Å²) in [6.45, 7) is 6.47. The number of nitrogens with zero attached hydrogens (tertiary/aromatic N) is 4. The van der Waals surface area contributed by atoms with E-state index in [1.807, 2.05) is 23.3 Å². The van der Waals surface area contributed by atoms with Gasteiger partial charge in [0.05, 0.1) is 5.39 Å². The molecule has 0 saturated carbocycles. The van der Waals surface area contributed by atoms with Crippen LogP contribution < -0.4 is 9.64 Å². The highest BCUT2D eigenvalue weighted by Gasteiger charge is 2.27. The van der Waals surface area contributed by atoms with E-state index in [1.165, 1.54) is 0 Å². The number of aromatic nitrogens is 2. The standard InChI is InChI=1S/C20H21ClN4O2S/c1-13-11-15(21)3-4-17(13)27-14(2)20(26)25-8-6-24(7-9-25)18-16-5-10-28-19(16)23-12-22-18/h3-5,10-12,14H,6-9H2,1-2H3. The second-order valence-electron chi connectivity index (χ2n) is 6.82. The van der Waals surface area contributed by atoms with Crippen LogP contribution in [0.15, 0.2) is 36.0 Å². The molecule has 2 aromatic heterocycles. The van der Waals surface area contributed by atoms with Gasteiger partial charge in [0, 0.05) is 31.2 Å². The Morgan fingerprint density at radius 1 is 1.21 bits per heavy atom. The van der Waals surface area contributed by atoms with Gasteiger partial charge in [0.25, 0.3) is 5.91 Å². The van der Waals surface area contributed by atoms with E-state index >= 15 is 0 Å². The van der Waals surface area contributed by atoms with Crippen molar-refractivity contribution in [1.82, 2.24) is 14.9 Å². The molecule has 4 rings (SSSR count). The topological polar surface area (TPSA) is 58.6 Å². The minimum Gasteiger partial charge on any atom is -0.481 e. The summed E-state index contributed by atoms with van der Waals surface area (Å²) < 4.78 is 5.89. The Kier molecular flexibility index (Phi) is 5.37. The first-order valence-corrected chi connectivity index (χ1v) is 10.4. The van der Waals surface area contributed by atoms with Gasteiger partial charge in [-0.05, 0) is 49.1 Å². The Morgan fingerprint density at radius 2 is 2.00 bits per heavy atom. The molecule has 0 aliphatic carbocycles. The van der Waals surface area contributed by atoms with E-state index in [9.17, 15) is 4.79 Å². The second kappa shape index (κ2) is 7.93. The predicted molar refractivity (Wildman–Crippen MR) is 112 cm³/mol. The van der Waals surface area contributed by atoms with Crippen LogP contribution in [0.4, 0.5) is 5.82 Å². The van der Waals surface area contributed by atoms with Gasteiger partial charge in [-0.2, -0.15) is 0 Å². The number of anilines is 1. The van der Waals surface area contributed by atoms with Crippen LogP contribution in [0.2, 0.25) is 5.02 Å². The van der Waals surface area contributed by atoms with Gasteiger partial charge in [-0.25, -0.2) is 9.97 Å². The van der Waals surface area contributed by atoms with E-state index in [-0.39, 0.29) is 5.91 Å². The number of hydrogen-bond acceptors (Lipinski definition) is 6. The fourth-order valence-corrected chi connectivity index (χ4v) is 4.36. The largest absolute Gasteiger partial charge is 0.481 e. The number of thiophene rings is 1. The zero-order valence-corrected chi connectivity index (χ0v) is 17.3. The number of aryl methyl sites for hydroxylation is 1. The van der Waals surface area contributed by atoms with Crippen LogP contribution in [0.25, 0.3) is 10.2 Å². The van der Waals surface area contributed by atoms with Gasteiger partial charge in [-0.15, -0.1) is 11.3 Å². The third kappa shape index (κ3) is 3.77. The third-order valence-electron chi connectivity index (χ3n) is 4.92. The average molecular weight is 417 g/mol. The molecule has 0 bridgehead atoms. The number of amides is 1. The van der Waals surface area contributed by atoms with Crippen molar-refractivity contribution in [2.45, 2.75) is 20.0 Å². The molecule has 1 aliphatic rings. The van der Waals surface area contributed by atoms with Gasteiger partial charge in [-0.3, -0.25) is 4.79 Å².